The van der Waals surface area contributed by atoms with Crippen molar-refractivity contribution >= 4 is 11.0 Å². The number of nitrogens with one attached hydrogen (secondary N) is 1. The summed E-state index contributed by atoms with van der Waals surface area (Å²) in [5.41, 5.74) is 0.670. The number of aromatic amines is 1. The van der Waals surface area contributed by atoms with E-state index in [9.17, 15) is 18.3 Å². The van der Waals surface area contributed by atoms with Gasteiger partial charge in [-0.1, -0.05) is 0 Å². The van der Waals surface area contributed by atoms with E-state index in [2.05, 4.69) is 9.97 Å². The molecule has 2 N–H and O–H groups in total. The molecule has 7 heteroatoms. The number of benzene rings is 2. The van der Waals surface area contributed by atoms with Gasteiger partial charge in [-0.25, -0.2) is 13.8 Å². The van der Waals surface area contributed by atoms with Crippen molar-refractivity contribution in [1.29, 1.82) is 0 Å². The number of rotatable bonds is 2. The van der Waals surface area contributed by atoms with Crippen LogP contribution < -0.4 is 4.74 Å². The molecule has 21 heavy (non-hydrogen) atoms. The van der Waals surface area contributed by atoms with Crippen LogP contribution in [-0.4, -0.2) is 22.2 Å². The molecule has 0 aliphatic carbocycles. The van der Waals surface area contributed by atoms with E-state index in [0.29, 0.717) is 22.8 Å². The lowest BCUT2D eigenvalue weighted by molar-refractivity contribution is 0.377. The minimum atomic E-state index is -1.63. The zero-order valence-electron chi connectivity index (χ0n) is 10.7. The molecule has 0 amide bonds. The number of imidazole rings is 1. The van der Waals surface area contributed by atoms with E-state index >= 15 is 0 Å². The lowest BCUT2D eigenvalue weighted by Crippen LogP contribution is -1.94. The summed E-state index contributed by atoms with van der Waals surface area (Å²) in [5, 5.41) is 9.23. The topological polar surface area (TPSA) is 58.1 Å². The Balaban J connectivity index is 2.21. The summed E-state index contributed by atoms with van der Waals surface area (Å²) in [4.78, 5) is 6.85. The van der Waals surface area contributed by atoms with Gasteiger partial charge in [0, 0.05) is 6.07 Å². The van der Waals surface area contributed by atoms with Gasteiger partial charge in [-0.2, -0.15) is 4.39 Å². The smallest absolute Gasteiger partial charge is 0.203 e. The maximum Gasteiger partial charge on any atom is 0.203 e. The van der Waals surface area contributed by atoms with E-state index in [4.69, 9.17) is 4.74 Å². The fourth-order valence-corrected chi connectivity index (χ4v) is 2.01. The number of nitrogens with zero attached hydrogens (tertiary/aromatic N) is 1. The van der Waals surface area contributed by atoms with Crippen molar-refractivity contribution in [3.63, 3.8) is 0 Å². The van der Waals surface area contributed by atoms with Crippen molar-refractivity contribution < 1.29 is 23.0 Å². The van der Waals surface area contributed by atoms with E-state index in [1.165, 1.54) is 7.11 Å². The zero-order chi connectivity index (χ0) is 15.1. The first-order valence-corrected chi connectivity index (χ1v) is 5.92. The Morgan fingerprint density at radius 1 is 1.14 bits per heavy atom. The van der Waals surface area contributed by atoms with Crippen LogP contribution in [0.3, 0.4) is 0 Å². The van der Waals surface area contributed by atoms with Gasteiger partial charge in [0.15, 0.2) is 17.4 Å². The standard InChI is InChI=1S/C14H9F3N2O2/c1-21-6-2-3-9-10(4-6)19-14(18-9)7-5-8(15)12(17)13(20)11(7)16/h2-5,20H,1H3,(H,18,19). The molecular formula is C14H9F3N2O2. The number of H-pyrrole nitrogens is 1. The highest BCUT2D eigenvalue weighted by Gasteiger charge is 2.21. The Hall–Kier alpha value is -2.70. The molecule has 2 aromatic carbocycles. The summed E-state index contributed by atoms with van der Waals surface area (Å²) >= 11 is 0. The minimum absolute atomic E-state index is 0.0232. The van der Waals surface area contributed by atoms with Crippen molar-refractivity contribution in [3.05, 3.63) is 41.7 Å². The molecule has 1 aromatic heterocycles. The van der Waals surface area contributed by atoms with Crippen LogP contribution in [0.4, 0.5) is 13.2 Å². The van der Waals surface area contributed by atoms with Gasteiger partial charge in [-0.15, -0.1) is 0 Å². The Morgan fingerprint density at radius 3 is 2.62 bits per heavy atom. The zero-order valence-corrected chi connectivity index (χ0v) is 10.7. The maximum absolute atomic E-state index is 13.9. The van der Waals surface area contributed by atoms with Gasteiger partial charge in [0.2, 0.25) is 5.82 Å². The Bertz CT molecular complexity index is 846. The number of fused-ring (bicyclic) bond motifs is 1. The third-order valence-corrected chi connectivity index (χ3v) is 3.08. The largest absolute Gasteiger partial charge is 0.503 e. The molecule has 108 valence electrons. The molecule has 1 heterocycles. The van der Waals surface area contributed by atoms with Crippen LogP contribution >= 0.6 is 0 Å². The second kappa shape index (κ2) is 4.69. The van der Waals surface area contributed by atoms with E-state index in [1.807, 2.05) is 0 Å². The average Bonchev–Trinajstić information content (AvgIpc) is 2.91. The lowest BCUT2D eigenvalue weighted by atomic mass is 10.1. The third kappa shape index (κ3) is 2.06. The molecule has 0 radical (unpaired) electrons. The van der Waals surface area contributed by atoms with Gasteiger partial charge in [0.05, 0.1) is 23.7 Å². The second-order valence-electron chi connectivity index (χ2n) is 4.35. The molecule has 0 saturated carbocycles. The number of ether oxygens (including phenoxy) is 1. The normalized spacial score (nSPS) is 11.0. The highest BCUT2D eigenvalue weighted by atomic mass is 19.2. The van der Waals surface area contributed by atoms with Crippen molar-refractivity contribution in [2.75, 3.05) is 7.11 Å². The highest BCUT2D eigenvalue weighted by molar-refractivity contribution is 5.81. The molecule has 0 spiro atoms. The number of hydrogen-bond acceptors (Lipinski definition) is 3. The van der Waals surface area contributed by atoms with Crippen molar-refractivity contribution in [1.82, 2.24) is 9.97 Å². The van der Waals surface area contributed by atoms with Crippen LogP contribution in [0.5, 0.6) is 11.5 Å². The van der Waals surface area contributed by atoms with Gasteiger partial charge < -0.3 is 14.8 Å². The van der Waals surface area contributed by atoms with Crippen molar-refractivity contribution in [3.8, 4) is 22.9 Å². The number of halogens is 3. The van der Waals surface area contributed by atoms with E-state index in [1.54, 1.807) is 18.2 Å². The second-order valence-corrected chi connectivity index (χ2v) is 4.35. The molecule has 0 fully saturated rings. The first kappa shape index (κ1) is 13.3. The van der Waals surface area contributed by atoms with Crippen LogP contribution in [0.15, 0.2) is 24.3 Å². The number of phenolic OH excluding ortho intramolecular Hbond substituents is 1. The molecule has 0 atom stereocenters. The molecule has 0 bridgehead atoms. The quantitative estimate of drug-likeness (QED) is 0.712. The van der Waals surface area contributed by atoms with E-state index in [0.717, 1.165) is 0 Å². The average molecular weight is 294 g/mol. The highest BCUT2D eigenvalue weighted by Crippen LogP contribution is 2.32. The van der Waals surface area contributed by atoms with E-state index < -0.39 is 23.2 Å². The summed E-state index contributed by atoms with van der Waals surface area (Å²) < 4.78 is 45.3. The molecule has 3 rings (SSSR count). The summed E-state index contributed by atoms with van der Waals surface area (Å²) in [6, 6.07) is 5.56. The molecule has 3 aromatic rings. The van der Waals surface area contributed by atoms with Gasteiger partial charge in [-0.05, 0) is 18.2 Å². The fraction of sp³-hybridized carbons (Fsp3) is 0.0714. The van der Waals surface area contributed by atoms with Gasteiger partial charge >= 0.3 is 0 Å². The first-order valence-electron chi connectivity index (χ1n) is 5.92. The summed E-state index contributed by atoms with van der Waals surface area (Å²) in [6.45, 7) is 0. The predicted octanol–water partition coefficient (Wildman–Crippen LogP) is 3.36. The van der Waals surface area contributed by atoms with Crippen molar-refractivity contribution in [2.24, 2.45) is 0 Å². The molecule has 0 aliphatic rings. The Morgan fingerprint density at radius 2 is 1.90 bits per heavy atom. The van der Waals surface area contributed by atoms with Crippen LogP contribution in [0.2, 0.25) is 0 Å². The predicted molar refractivity (Wildman–Crippen MR) is 69.6 cm³/mol. The number of methoxy groups -OCH3 is 1. The molecule has 4 nitrogen and oxygen atoms in total. The minimum Gasteiger partial charge on any atom is -0.503 e. The third-order valence-electron chi connectivity index (χ3n) is 3.08. The van der Waals surface area contributed by atoms with Crippen LogP contribution in [0.1, 0.15) is 0 Å². The fourth-order valence-electron chi connectivity index (χ4n) is 2.01. The Kier molecular flexibility index (Phi) is 2.97. The van der Waals surface area contributed by atoms with Gasteiger partial charge in [-0.3, -0.25) is 0 Å². The summed E-state index contributed by atoms with van der Waals surface area (Å²) in [5.74, 6) is -5.10. The van der Waals surface area contributed by atoms with Gasteiger partial charge in [0.25, 0.3) is 0 Å². The van der Waals surface area contributed by atoms with E-state index in [-0.39, 0.29) is 11.4 Å². The van der Waals surface area contributed by atoms with Gasteiger partial charge in [0.1, 0.15) is 11.6 Å². The number of aromatic nitrogens is 2. The van der Waals surface area contributed by atoms with Crippen molar-refractivity contribution in [2.45, 2.75) is 0 Å². The monoisotopic (exact) mass is 294 g/mol. The number of hydrogen-bond donors (Lipinski definition) is 2. The molecule has 0 unspecified atom stereocenters. The number of aromatic hydroxyl groups is 1. The first-order chi connectivity index (χ1) is 10.0. The Labute approximate surface area is 116 Å². The summed E-state index contributed by atoms with van der Waals surface area (Å²) in [6.07, 6.45) is 0. The van der Waals surface area contributed by atoms with Crippen LogP contribution in [0, 0.1) is 17.5 Å². The maximum atomic E-state index is 13.9. The lowest BCUT2D eigenvalue weighted by Gasteiger charge is -2.03. The number of phenols is 1. The van der Waals surface area contributed by atoms with Crippen LogP contribution in [-0.2, 0) is 0 Å². The van der Waals surface area contributed by atoms with Crippen LogP contribution in [0.25, 0.3) is 22.4 Å². The molecule has 0 saturated heterocycles. The SMILES string of the molecule is COc1ccc2nc(-c3cc(F)c(F)c(O)c3F)[nH]c2c1. The molecule has 0 aliphatic heterocycles. The summed E-state index contributed by atoms with van der Waals surface area (Å²) in [7, 11) is 1.49. The molecular weight excluding hydrogens is 285 g/mol.